The van der Waals surface area contributed by atoms with E-state index in [9.17, 15) is 18.3 Å². The molecule has 0 radical (unpaired) electrons. The molecular weight excluding hydrogens is 314 g/mol. The van der Waals surface area contributed by atoms with Crippen molar-refractivity contribution in [3.05, 3.63) is 28.8 Å². The Balaban J connectivity index is 2.61. The summed E-state index contributed by atoms with van der Waals surface area (Å²) in [5.41, 5.74) is -0.192. The van der Waals surface area contributed by atoms with E-state index in [0.29, 0.717) is 23.4 Å². The van der Waals surface area contributed by atoms with Crippen LogP contribution in [0.2, 0.25) is 5.02 Å². The number of hydrogen-bond acceptors (Lipinski definition) is 3. The lowest BCUT2D eigenvalue weighted by Crippen LogP contribution is -2.49. The molecule has 7 heteroatoms. The molecule has 0 bridgehead atoms. The van der Waals surface area contributed by atoms with Crippen LogP contribution in [0.4, 0.5) is 0 Å². The molecule has 0 saturated carbocycles. The molecule has 1 aliphatic rings. The van der Waals surface area contributed by atoms with Crippen molar-refractivity contribution in [3.8, 4) is 0 Å². The summed E-state index contributed by atoms with van der Waals surface area (Å²) in [7, 11) is -3.93. The number of nitrogens with zero attached hydrogens (tertiary/aromatic N) is 1. The van der Waals surface area contributed by atoms with Crippen LogP contribution in [0.1, 0.15) is 32.3 Å². The van der Waals surface area contributed by atoms with Gasteiger partial charge in [-0.15, -0.1) is 0 Å². The molecule has 21 heavy (non-hydrogen) atoms. The highest BCUT2D eigenvalue weighted by atomic mass is 35.5. The first-order valence-corrected chi connectivity index (χ1v) is 8.43. The fraction of sp³-hybridized carbons (Fsp3) is 0.500. The van der Waals surface area contributed by atoms with Crippen LogP contribution in [0.3, 0.4) is 0 Å². The van der Waals surface area contributed by atoms with Gasteiger partial charge in [-0.2, -0.15) is 4.31 Å². The molecule has 2 rings (SSSR count). The number of benzene rings is 1. The number of aliphatic carboxylic acids is 1. The van der Waals surface area contributed by atoms with Crippen LogP contribution in [0.25, 0.3) is 0 Å². The topological polar surface area (TPSA) is 74.7 Å². The molecule has 1 aromatic rings. The molecule has 1 aliphatic heterocycles. The number of hydrogen-bond donors (Lipinski definition) is 1. The molecule has 1 aromatic carbocycles. The summed E-state index contributed by atoms with van der Waals surface area (Å²) in [6, 6.07) is 3.57. The third-order valence-corrected chi connectivity index (χ3v) is 6.38. The largest absolute Gasteiger partial charge is 0.480 e. The van der Waals surface area contributed by atoms with Crippen molar-refractivity contribution in [2.75, 3.05) is 0 Å². The molecule has 5 nitrogen and oxygen atoms in total. The monoisotopic (exact) mass is 331 g/mol. The van der Waals surface area contributed by atoms with Gasteiger partial charge in [0.25, 0.3) is 0 Å². The predicted octanol–water partition coefficient (Wildman–Crippen LogP) is 2.66. The highest BCUT2D eigenvalue weighted by Crippen LogP contribution is 2.39. The fourth-order valence-corrected chi connectivity index (χ4v) is 5.29. The molecule has 0 aliphatic carbocycles. The second-order valence-corrected chi connectivity index (χ2v) is 8.14. The Labute approximate surface area is 129 Å². The molecular formula is C14H18ClNO4S. The maximum Gasteiger partial charge on any atom is 0.322 e. The number of sulfonamides is 1. The van der Waals surface area contributed by atoms with Crippen molar-refractivity contribution in [1.29, 1.82) is 0 Å². The van der Waals surface area contributed by atoms with E-state index in [-0.39, 0.29) is 4.90 Å². The van der Waals surface area contributed by atoms with Gasteiger partial charge >= 0.3 is 5.97 Å². The van der Waals surface area contributed by atoms with Crippen molar-refractivity contribution in [2.45, 2.75) is 50.1 Å². The summed E-state index contributed by atoms with van der Waals surface area (Å²) >= 11 is 5.90. The third kappa shape index (κ3) is 2.80. The van der Waals surface area contributed by atoms with Crippen LogP contribution in [-0.4, -0.2) is 35.4 Å². The van der Waals surface area contributed by atoms with E-state index in [4.69, 9.17) is 11.6 Å². The van der Waals surface area contributed by atoms with Gasteiger partial charge in [0.15, 0.2) is 0 Å². The minimum atomic E-state index is -3.93. The lowest BCUT2D eigenvalue weighted by molar-refractivity contribution is -0.141. The van der Waals surface area contributed by atoms with Crippen LogP contribution in [0.5, 0.6) is 0 Å². The third-order valence-electron chi connectivity index (χ3n) is 3.88. The molecule has 116 valence electrons. The van der Waals surface area contributed by atoms with E-state index in [0.717, 1.165) is 4.31 Å². The summed E-state index contributed by atoms with van der Waals surface area (Å²) in [6.07, 6.45) is 0.810. The SMILES string of the molecule is Cc1ccc(Cl)cc1S(=O)(=O)N1[C@@H](C(=O)O)CCC1(C)C. The minimum absolute atomic E-state index is 0.0659. The van der Waals surface area contributed by atoms with Gasteiger partial charge in [0.2, 0.25) is 10.0 Å². The smallest absolute Gasteiger partial charge is 0.322 e. The van der Waals surface area contributed by atoms with Crippen molar-refractivity contribution in [3.63, 3.8) is 0 Å². The number of halogens is 1. The number of carboxylic acid groups (broad SMARTS) is 1. The molecule has 0 spiro atoms. The van der Waals surface area contributed by atoms with Gasteiger partial charge < -0.3 is 5.11 Å². The Kier molecular flexibility index (Phi) is 4.08. The molecule has 1 heterocycles. The quantitative estimate of drug-likeness (QED) is 0.924. The van der Waals surface area contributed by atoms with Crippen molar-refractivity contribution in [1.82, 2.24) is 4.31 Å². The first-order valence-electron chi connectivity index (χ1n) is 6.61. The van der Waals surface area contributed by atoms with Crippen LogP contribution in [-0.2, 0) is 14.8 Å². The van der Waals surface area contributed by atoms with Gasteiger partial charge in [-0.1, -0.05) is 17.7 Å². The van der Waals surface area contributed by atoms with Crippen LogP contribution < -0.4 is 0 Å². The summed E-state index contributed by atoms with van der Waals surface area (Å²) in [6.45, 7) is 5.16. The van der Waals surface area contributed by atoms with E-state index in [1.807, 2.05) is 0 Å². The first kappa shape index (κ1) is 16.3. The van der Waals surface area contributed by atoms with E-state index >= 15 is 0 Å². The Hall–Kier alpha value is -1.11. The minimum Gasteiger partial charge on any atom is -0.480 e. The highest BCUT2D eigenvalue weighted by molar-refractivity contribution is 7.89. The summed E-state index contributed by atoms with van der Waals surface area (Å²) in [4.78, 5) is 11.5. The number of carboxylic acids is 1. The number of rotatable bonds is 3. The zero-order chi connectivity index (χ0) is 16.0. The molecule has 0 aromatic heterocycles. The second-order valence-electron chi connectivity index (χ2n) is 5.92. The summed E-state index contributed by atoms with van der Waals surface area (Å²) in [5, 5.41) is 9.63. The van der Waals surface area contributed by atoms with Gasteiger partial charge in [-0.25, -0.2) is 8.42 Å². The maximum absolute atomic E-state index is 12.9. The van der Waals surface area contributed by atoms with E-state index in [1.54, 1.807) is 32.9 Å². The van der Waals surface area contributed by atoms with Crippen molar-refractivity contribution < 1.29 is 18.3 Å². The number of carbonyl (C=O) groups is 1. The number of aryl methyl sites for hydroxylation is 1. The van der Waals surface area contributed by atoms with Crippen molar-refractivity contribution in [2.24, 2.45) is 0 Å². The Morgan fingerprint density at radius 2 is 2.05 bits per heavy atom. The molecule has 1 N–H and O–H groups in total. The molecule has 0 unspecified atom stereocenters. The van der Waals surface area contributed by atoms with Gasteiger partial charge in [-0.3, -0.25) is 4.79 Å². The van der Waals surface area contributed by atoms with Crippen LogP contribution >= 0.6 is 11.6 Å². The Morgan fingerprint density at radius 3 is 2.62 bits per heavy atom. The summed E-state index contributed by atoms with van der Waals surface area (Å²) in [5.74, 6) is -1.12. The Bertz CT molecular complexity index is 684. The van der Waals surface area contributed by atoms with Gasteiger partial charge in [0.1, 0.15) is 6.04 Å². The zero-order valence-electron chi connectivity index (χ0n) is 12.1. The average molecular weight is 332 g/mol. The van der Waals surface area contributed by atoms with E-state index in [2.05, 4.69) is 0 Å². The molecule has 1 atom stereocenters. The maximum atomic E-state index is 12.9. The van der Waals surface area contributed by atoms with Crippen LogP contribution in [0, 0.1) is 6.92 Å². The predicted molar refractivity (Wildman–Crippen MR) is 80.0 cm³/mol. The molecule has 1 saturated heterocycles. The average Bonchev–Trinajstić information content (AvgIpc) is 2.68. The first-order chi connectivity index (χ1) is 9.57. The molecule has 1 fully saturated rings. The second kappa shape index (κ2) is 5.26. The normalized spacial score (nSPS) is 22.4. The molecule has 0 amide bonds. The Morgan fingerprint density at radius 1 is 1.43 bits per heavy atom. The van der Waals surface area contributed by atoms with Gasteiger partial charge in [0.05, 0.1) is 4.90 Å². The van der Waals surface area contributed by atoms with E-state index in [1.165, 1.54) is 6.07 Å². The van der Waals surface area contributed by atoms with Gasteiger partial charge in [0, 0.05) is 10.6 Å². The zero-order valence-corrected chi connectivity index (χ0v) is 13.7. The lowest BCUT2D eigenvalue weighted by Gasteiger charge is -2.33. The van der Waals surface area contributed by atoms with Crippen molar-refractivity contribution >= 4 is 27.6 Å². The highest BCUT2D eigenvalue weighted by Gasteiger charge is 2.50. The lowest BCUT2D eigenvalue weighted by atomic mass is 10.0. The van der Waals surface area contributed by atoms with Gasteiger partial charge in [-0.05, 0) is 51.3 Å². The standard InChI is InChI=1S/C14H18ClNO4S/c1-9-4-5-10(15)8-12(9)21(19,20)16-11(13(17)18)6-7-14(16,2)3/h4-5,8,11H,6-7H2,1-3H3,(H,17,18)/t11-/m1/s1. The summed E-state index contributed by atoms with van der Waals surface area (Å²) < 4.78 is 27.0. The van der Waals surface area contributed by atoms with E-state index < -0.39 is 27.6 Å². The van der Waals surface area contributed by atoms with Crippen LogP contribution in [0.15, 0.2) is 23.1 Å². The fourth-order valence-electron chi connectivity index (χ4n) is 2.81.